The summed E-state index contributed by atoms with van der Waals surface area (Å²) < 4.78 is 8.09. The lowest BCUT2D eigenvalue weighted by molar-refractivity contribution is 0.187. The molecule has 2 aliphatic heterocycles. The molecule has 0 spiro atoms. The normalized spacial score (nSPS) is 21.8. The summed E-state index contributed by atoms with van der Waals surface area (Å²) in [6.45, 7) is 7.44. The predicted molar refractivity (Wildman–Crippen MR) is 127 cm³/mol. The molecule has 2 saturated heterocycles. The number of hydrogen-bond acceptors (Lipinski definition) is 7. The topological polar surface area (TPSA) is 72.2 Å². The summed E-state index contributed by atoms with van der Waals surface area (Å²) >= 11 is 0. The number of aryl methyl sites for hydroxylation is 1. The minimum atomic E-state index is 0. The molecule has 1 atom stereocenters. The molecule has 0 aromatic carbocycles. The third-order valence-corrected chi connectivity index (χ3v) is 6.75. The Hall–Kier alpha value is -2.29. The lowest BCUT2D eigenvalue weighted by Gasteiger charge is -2.33. The number of likely N-dealkylation sites (N-methyl/N-ethyl adjacent to an activating group) is 1. The summed E-state index contributed by atoms with van der Waals surface area (Å²) in [7, 11) is 2.17. The van der Waals surface area contributed by atoms with Gasteiger partial charge in [0.25, 0.3) is 0 Å². The maximum absolute atomic E-state index is 5.78. The Balaban J connectivity index is 0.00000216. The van der Waals surface area contributed by atoms with E-state index in [0.717, 1.165) is 73.4 Å². The van der Waals surface area contributed by atoms with Gasteiger partial charge in [0.15, 0.2) is 17.0 Å². The molecule has 0 N–H and O–H groups in total. The van der Waals surface area contributed by atoms with E-state index < -0.39 is 0 Å². The molecule has 0 amide bonds. The fourth-order valence-corrected chi connectivity index (χ4v) is 4.85. The average molecular weight is 456 g/mol. The second kappa shape index (κ2) is 8.57. The van der Waals surface area contributed by atoms with E-state index in [0.29, 0.717) is 12.5 Å². The first-order valence-electron chi connectivity index (χ1n) is 11.4. The number of imidazole rings is 1. The molecule has 8 nitrogen and oxygen atoms in total. The van der Waals surface area contributed by atoms with Gasteiger partial charge in [0.2, 0.25) is 0 Å². The quantitative estimate of drug-likeness (QED) is 0.598. The van der Waals surface area contributed by atoms with Gasteiger partial charge in [-0.15, -0.1) is 12.4 Å². The van der Waals surface area contributed by atoms with Crippen LogP contribution in [0.25, 0.3) is 22.6 Å². The zero-order valence-electron chi connectivity index (χ0n) is 18.7. The highest BCUT2D eigenvalue weighted by Gasteiger charge is 2.33. The van der Waals surface area contributed by atoms with E-state index in [1.807, 2.05) is 19.2 Å². The Labute approximate surface area is 194 Å². The second-order valence-corrected chi connectivity index (χ2v) is 9.09. The van der Waals surface area contributed by atoms with Gasteiger partial charge < -0.3 is 19.1 Å². The van der Waals surface area contributed by atoms with Gasteiger partial charge in [-0.25, -0.2) is 15.0 Å². The maximum atomic E-state index is 5.78. The van der Waals surface area contributed by atoms with Crippen molar-refractivity contribution in [2.45, 2.75) is 38.1 Å². The van der Waals surface area contributed by atoms with Crippen molar-refractivity contribution in [2.24, 2.45) is 0 Å². The number of hydrogen-bond donors (Lipinski definition) is 0. The first-order chi connectivity index (χ1) is 15.2. The van der Waals surface area contributed by atoms with Crippen molar-refractivity contribution in [3.8, 4) is 11.4 Å². The van der Waals surface area contributed by atoms with E-state index in [1.54, 1.807) is 0 Å². The monoisotopic (exact) mass is 455 g/mol. The number of piperazine rings is 1. The molecule has 3 aromatic rings. The van der Waals surface area contributed by atoms with E-state index >= 15 is 0 Å². The maximum Gasteiger partial charge on any atom is 0.166 e. The van der Waals surface area contributed by atoms with Crippen LogP contribution in [-0.4, -0.2) is 75.8 Å². The number of pyridine rings is 1. The van der Waals surface area contributed by atoms with Gasteiger partial charge in [-0.2, -0.15) is 0 Å². The molecule has 9 heteroatoms. The van der Waals surface area contributed by atoms with E-state index in [-0.39, 0.29) is 18.4 Å². The summed E-state index contributed by atoms with van der Waals surface area (Å²) in [6.07, 6.45) is 5.30. The number of fused-ring (bicyclic) bond motifs is 1. The predicted octanol–water partition coefficient (Wildman–Crippen LogP) is 3.21. The Morgan fingerprint density at radius 2 is 1.84 bits per heavy atom. The summed E-state index contributed by atoms with van der Waals surface area (Å²) in [4.78, 5) is 24.5. The zero-order valence-corrected chi connectivity index (χ0v) is 19.5. The zero-order chi connectivity index (χ0) is 20.9. The standard InChI is InChI=1S/C23H29N7O.ClH/c1-15-25-22(29-11-9-28(2)10-12-29)20-23(26-15)30(17-7-13-31-14-17)21(27-20)18-4-3-8-24-19(18)16-5-6-16;/h3-4,8,16-17H,5-7,9-14H2,1-2H3;1H. The first kappa shape index (κ1) is 21.6. The van der Waals surface area contributed by atoms with Crippen molar-refractivity contribution in [3.63, 3.8) is 0 Å². The minimum Gasteiger partial charge on any atom is -0.379 e. The highest BCUT2D eigenvalue weighted by molar-refractivity contribution is 5.88. The van der Waals surface area contributed by atoms with Crippen molar-refractivity contribution >= 4 is 29.4 Å². The molecule has 170 valence electrons. The highest BCUT2D eigenvalue weighted by atomic mass is 35.5. The summed E-state index contributed by atoms with van der Waals surface area (Å²) in [6, 6.07) is 4.43. The van der Waals surface area contributed by atoms with Crippen LogP contribution in [0.4, 0.5) is 5.82 Å². The molecule has 32 heavy (non-hydrogen) atoms. The van der Waals surface area contributed by atoms with Gasteiger partial charge in [0.05, 0.1) is 18.3 Å². The van der Waals surface area contributed by atoms with E-state index in [4.69, 9.17) is 24.7 Å². The number of anilines is 1. The molecule has 0 bridgehead atoms. The number of rotatable bonds is 4. The van der Waals surface area contributed by atoms with Crippen molar-refractivity contribution in [3.05, 3.63) is 29.8 Å². The van der Waals surface area contributed by atoms with Gasteiger partial charge >= 0.3 is 0 Å². The number of halogens is 1. The SMILES string of the molecule is Cc1nc(N2CCN(C)CC2)c2nc(-c3cccnc3C3CC3)n(C3CCOC3)c2n1.Cl. The Morgan fingerprint density at radius 3 is 2.56 bits per heavy atom. The molecular weight excluding hydrogens is 426 g/mol. The van der Waals surface area contributed by atoms with Crippen LogP contribution in [0.1, 0.15) is 42.7 Å². The lowest BCUT2D eigenvalue weighted by atomic mass is 10.1. The van der Waals surface area contributed by atoms with Crippen molar-refractivity contribution in [1.29, 1.82) is 0 Å². The van der Waals surface area contributed by atoms with Gasteiger partial charge in [-0.3, -0.25) is 4.98 Å². The van der Waals surface area contributed by atoms with Gasteiger partial charge in [-0.05, 0) is 45.4 Å². The molecule has 1 saturated carbocycles. The van der Waals surface area contributed by atoms with Crippen molar-refractivity contribution in [2.75, 3.05) is 51.3 Å². The number of ether oxygens (including phenoxy) is 1. The largest absolute Gasteiger partial charge is 0.379 e. The van der Waals surface area contributed by atoms with E-state index in [9.17, 15) is 0 Å². The molecule has 0 radical (unpaired) electrons. The average Bonchev–Trinajstić information content (AvgIpc) is 3.35. The van der Waals surface area contributed by atoms with E-state index in [2.05, 4.69) is 27.5 Å². The molecule has 5 heterocycles. The smallest absolute Gasteiger partial charge is 0.166 e. The summed E-state index contributed by atoms with van der Waals surface area (Å²) in [5.41, 5.74) is 4.14. The second-order valence-electron chi connectivity index (χ2n) is 9.09. The first-order valence-corrected chi connectivity index (χ1v) is 11.4. The van der Waals surface area contributed by atoms with Crippen LogP contribution in [0, 0.1) is 6.92 Å². The van der Waals surface area contributed by atoms with Gasteiger partial charge in [0.1, 0.15) is 11.6 Å². The number of nitrogens with zero attached hydrogens (tertiary/aromatic N) is 7. The van der Waals surface area contributed by atoms with Gasteiger partial charge in [-0.1, -0.05) is 0 Å². The molecule has 3 aromatic heterocycles. The molecule has 3 fully saturated rings. The minimum absolute atomic E-state index is 0. The Morgan fingerprint density at radius 1 is 1.03 bits per heavy atom. The van der Waals surface area contributed by atoms with Crippen molar-refractivity contribution in [1.82, 2.24) is 29.4 Å². The van der Waals surface area contributed by atoms with Gasteiger partial charge in [0, 0.05) is 50.5 Å². The molecule has 6 rings (SSSR count). The molecular formula is C23H30ClN7O. The van der Waals surface area contributed by atoms with Crippen LogP contribution in [0.15, 0.2) is 18.3 Å². The number of aromatic nitrogens is 5. The van der Waals surface area contributed by atoms with Crippen LogP contribution in [0.3, 0.4) is 0 Å². The lowest BCUT2D eigenvalue weighted by Crippen LogP contribution is -2.45. The fraction of sp³-hybridized carbons (Fsp3) is 0.565. The van der Waals surface area contributed by atoms with Crippen LogP contribution < -0.4 is 4.90 Å². The van der Waals surface area contributed by atoms with Crippen LogP contribution >= 0.6 is 12.4 Å². The summed E-state index contributed by atoms with van der Waals surface area (Å²) in [5, 5.41) is 0. The third kappa shape index (κ3) is 3.74. The third-order valence-electron chi connectivity index (χ3n) is 6.75. The highest BCUT2D eigenvalue weighted by Crippen LogP contribution is 2.44. The Kier molecular flexibility index (Phi) is 5.77. The fourth-order valence-electron chi connectivity index (χ4n) is 4.85. The van der Waals surface area contributed by atoms with Crippen LogP contribution in [0.5, 0.6) is 0 Å². The Bertz CT molecular complexity index is 1110. The molecule has 1 aliphatic carbocycles. The van der Waals surface area contributed by atoms with Crippen LogP contribution in [0.2, 0.25) is 0 Å². The van der Waals surface area contributed by atoms with Crippen LogP contribution in [-0.2, 0) is 4.74 Å². The molecule has 3 aliphatic rings. The summed E-state index contributed by atoms with van der Waals surface area (Å²) in [5.74, 6) is 3.28. The van der Waals surface area contributed by atoms with E-state index in [1.165, 1.54) is 18.5 Å². The molecule has 1 unspecified atom stereocenters. The van der Waals surface area contributed by atoms with Crippen molar-refractivity contribution < 1.29 is 4.74 Å².